The topological polar surface area (TPSA) is 176 Å². The molecule has 0 amide bonds. The van der Waals surface area contributed by atoms with Crippen LogP contribution in [0.1, 0.15) is 101 Å². The van der Waals surface area contributed by atoms with E-state index in [1.54, 1.807) is 26.8 Å². The normalized spacial score (nSPS) is 36.3. The molecule has 0 unspecified atom stereocenters. The second-order valence-corrected chi connectivity index (χ2v) is 14.9. The molecule has 0 aromatic heterocycles. The first-order chi connectivity index (χ1) is 18.9. The van der Waals surface area contributed by atoms with Crippen molar-refractivity contribution < 1.29 is 49.1 Å². The first kappa shape index (κ1) is 33.9. The van der Waals surface area contributed by atoms with E-state index >= 15 is 0 Å². The highest BCUT2D eigenvalue weighted by molar-refractivity contribution is 5.91. The smallest absolute Gasteiger partial charge is 0.313 e. The van der Waals surface area contributed by atoms with Gasteiger partial charge in [0.15, 0.2) is 5.78 Å². The molecule has 0 aromatic rings. The summed E-state index contributed by atoms with van der Waals surface area (Å²) in [5.41, 5.74) is -7.00. The van der Waals surface area contributed by atoms with E-state index in [1.807, 2.05) is 13.8 Å². The maximum Gasteiger partial charge on any atom is 0.313 e. The number of aliphatic hydroxyl groups excluding tert-OH is 1. The number of carboxylic acid groups (broad SMARTS) is 2. The number of aliphatic carboxylic acids is 2. The maximum absolute atomic E-state index is 14.3. The van der Waals surface area contributed by atoms with Crippen LogP contribution in [0.5, 0.6) is 0 Å². The first-order valence-corrected chi connectivity index (χ1v) is 14.7. The number of carbonyl (C=O) groups excluding carboxylic acids is 3. The highest BCUT2D eigenvalue weighted by Crippen LogP contribution is 2.73. The number of ether oxygens (including phenoxy) is 1. The first-order valence-electron chi connectivity index (χ1n) is 14.7. The molecule has 0 saturated heterocycles. The lowest BCUT2D eigenvalue weighted by Crippen LogP contribution is -2.64. The van der Waals surface area contributed by atoms with Crippen molar-refractivity contribution >= 4 is 29.5 Å². The number of carboxylic acids is 2. The van der Waals surface area contributed by atoms with Gasteiger partial charge in [-0.15, -0.1) is 0 Å². The molecule has 4 N–H and O–H groups in total. The van der Waals surface area contributed by atoms with Gasteiger partial charge in [0.25, 0.3) is 0 Å². The third-order valence-corrected chi connectivity index (χ3v) is 11.5. The molecule has 8 atom stereocenters. The lowest BCUT2D eigenvalue weighted by Gasteiger charge is -2.63. The fourth-order valence-electron chi connectivity index (χ4n) is 9.04. The zero-order valence-electron chi connectivity index (χ0n) is 26.4. The fourth-order valence-corrected chi connectivity index (χ4v) is 9.04. The molecule has 0 heterocycles. The van der Waals surface area contributed by atoms with Crippen molar-refractivity contribution in [1.82, 2.24) is 0 Å². The lowest BCUT2D eigenvalue weighted by atomic mass is 9.39. The Morgan fingerprint density at radius 1 is 1.02 bits per heavy atom. The predicted octanol–water partition coefficient (Wildman–Crippen LogP) is 3.95. The Bertz CT molecular complexity index is 1210. The molecule has 2 saturated carbocycles. The third-order valence-electron chi connectivity index (χ3n) is 11.5. The van der Waals surface area contributed by atoms with Gasteiger partial charge in [-0.25, -0.2) is 0 Å². The van der Waals surface area contributed by atoms with Gasteiger partial charge in [-0.05, 0) is 70.6 Å². The van der Waals surface area contributed by atoms with Gasteiger partial charge in [0.05, 0.1) is 17.9 Å². The van der Waals surface area contributed by atoms with Gasteiger partial charge in [-0.3, -0.25) is 24.0 Å². The standard InChI is InChI=1S/C32H48O10/c1-17(33)42-27(2,3)13-12-22(35)32(9,41)25-20(34)15-29(6)21-11-10-18(28(4,5)26(39)40)19(14-24(37)38)31(21,8)23(36)16-30(25,29)7/h10,19-21,25,34,41H,11-16H2,1-9H3,(H,37,38)(H,39,40)/t19-,20+,21+,25-,29-,30+,31-,32-/m0/s1. The molecule has 42 heavy (non-hydrogen) atoms. The van der Waals surface area contributed by atoms with Crippen molar-refractivity contribution in [2.45, 2.75) is 118 Å². The summed E-state index contributed by atoms with van der Waals surface area (Å²) in [4.78, 5) is 63.6. The van der Waals surface area contributed by atoms with E-state index in [0.29, 0.717) is 12.0 Å². The summed E-state index contributed by atoms with van der Waals surface area (Å²) in [6.45, 7) is 14.5. The van der Waals surface area contributed by atoms with Crippen LogP contribution in [0.15, 0.2) is 11.6 Å². The number of hydrogen-bond acceptors (Lipinski definition) is 8. The molecular weight excluding hydrogens is 544 g/mol. The van der Waals surface area contributed by atoms with Gasteiger partial charge in [0.2, 0.25) is 0 Å². The summed E-state index contributed by atoms with van der Waals surface area (Å²) in [5.74, 6) is -5.89. The SMILES string of the molecule is CC(=O)OC(C)(C)CCC(=O)[C@](C)(O)[C@H]1[C@H](O)C[C@@]2(C)[C@H]3CC=C(C(C)(C)C(=O)O)[C@H](CC(=O)O)[C@]3(C)C(=O)C[C@]12C. The summed E-state index contributed by atoms with van der Waals surface area (Å²) in [7, 11) is 0. The minimum atomic E-state index is -2.01. The average Bonchev–Trinajstić information content (AvgIpc) is 3.02. The summed E-state index contributed by atoms with van der Waals surface area (Å²) < 4.78 is 5.29. The van der Waals surface area contributed by atoms with Gasteiger partial charge < -0.3 is 25.2 Å². The van der Waals surface area contributed by atoms with Crippen molar-refractivity contribution in [1.29, 1.82) is 0 Å². The lowest BCUT2D eigenvalue weighted by molar-refractivity contribution is -0.183. The van der Waals surface area contributed by atoms with Crippen LogP contribution in [0.25, 0.3) is 0 Å². The van der Waals surface area contributed by atoms with Gasteiger partial charge in [-0.2, -0.15) is 0 Å². The largest absolute Gasteiger partial charge is 0.481 e. The zero-order chi connectivity index (χ0) is 32.4. The highest BCUT2D eigenvalue weighted by Gasteiger charge is 2.74. The van der Waals surface area contributed by atoms with Crippen LogP contribution in [0, 0.1) is 39.4 Å². The molecule has 0 bridgehead atoms. The minimum absolute atomic E-state index is 0.114. The Labute approximate surface area is 247 Å². The number of carbonyl (C=O) groups is 5. The Balaban J connectivity index is 2.07. The summed E-state index contributed by atoms with van der Waals surface area (Å²) in [6.07, 6.45) is 0.605. The van der Waals surface area contributed by atoms with Crippen LogP contribution < -0.4 is 0 Å². The minimum Gasteiger partial charge on any atom is -0.481 e. The molecular formula is C32H48O10. The van der Waals surface area contributed by atoms with Crippen LogP contribution in [0.2, 0.25) is 0 Å². The number of esters is 1. The second kappa shape index (κ2) is 10.5. The fraction of sp³-hybridized carbons (Fsp3) is 0.781. The van der Waals surface area contributed by atoms with Crippen molar-refractivity contribution in [3.05, 3.63) is 11.6 Å². The number of fused-ring (bicyclic) bond motifs is 3. The summed E-state index contributed by atoms with van der Waals surface area (Å²) in [5, 5.41) is 43.2. The van der Waals surface area contributed by atoms with Crippen molar-refractivity contribution in [2.24, 2.45) is 39.4 Å². The second-order valence-electron chi connectivity index (χ2n) is 14.9. The number of hydrogen-bond donors (Lipinski definition) is 4. The molecule has 0 aliphatic heterocycles. The molecule has 0 radical (unpaired) electrons. The number of rotatable bonds is 10. The van der Waals surface area contributed by atoms with E-state index in [1.165, 1.54) is 27.7 Å². The number of allylic oxidation sites excluding steroid dienone is 1. The third kappa shape index (κ3) is 5.12. The van der Waals surface area contributed by atoms with Crippen LogP contribution in [0.4, 0.5) is 0 Å². The summed E-state index contributed by atoms with van der Waals surface area (Å²) in [6, 6.07) is 0. The molecule has 0 spiro atoms. The number of Topliss-reactive ketones (excluding diaryl/α,β-unsaturated/α-hetero) is 2. The van der Waals surface area contributed by atoms with E-state index in [4.69, 9.17) is 4.74 Å². The monoisotopic (exact) mass is 592 g/mol. The van der Waals surface area contributed by atoms with Gasteiger partial charge in [0.1, 0.15) is 17.0 Å². The van der Waals surface area contributed by atoms with E-state index in [2.05, 4.69) is 0 Å². The van der Waals surface area contributed by atoms with Gasteiger partial charge in [0, 0.05) is 37.0 Å². The molecule has 2 fully saturated rings. The molecule has 10 nitrogen and oxygen atoms in total. The van der Waals surface area contributed by atoms with E-state index in [9.17, 15) is 44.4 Å². The van der Waals surface area contributed by atoms with E-state index in [-0.39, 0.29) is 31.5 Å². The predicted molar refractivity (Wildman–Crippen MR) is 152 cm³/mol. The van der Waals surface area contributed by atoms with Crippen molar-refractivity contribution in [3.8, 4) is 0 Å². The van der Waals surface area contributed by atoms with E-state index in [0.717, 1.165) is 0 Å². The molecule has 3 aliphatic carbocycles. The van der Waals surface area contributed by atoms with Crippen LogP contribution in [-0.2, 0) is 28.7 Å². The van der Waals surface area contributed by atoms with Crippen molar-refractivity contribution in [3.63, 3.8) is 0 Å². The molecule has 3 rings (SSSR count). The van der Waals surface area contributed by atoms with Crippen LogP contribution >= 0.6 is 0 Å². The number of aliphatic hydroxyl groups is 2. The Hall–Kier alpha value is -2.59. The van der Waals surface area contributed by atoms with E-state index < -0.39 is 86.8 Å². The molecule has 10 heteroatoms. The Morgan fingerprint density at radius 2 is 1.60 bits per heavy atom. The molecule has 0 aromatic carbocycles. The average molecular weight is 593 g/mol. The summed E-state index contributed by atoms with van der Waals surface area (Å²) >= 11 is 0. The quantitative estimate of drug-likeness (QED) is 0.215. The van der Waals surface area contributed by atoms with Gasteiger partial charge in [-0.1, -0.05) is 32.4 Å². The van der Waals surface area contributed by atoms with Crippen LogP contribution in [0.3, 0.4) is 0 Å². The number of ketones is 2. The van der Waals surface area contributed by atoms with Crippen LogP contribution in [-0.4, -0.2) is 67.2 Å². The highest BCUT2D eigenvalue weighted by atomic mass is 16.6. The molecule has 3 aliphatic rings. The van der Waals surface area contributed by atoms with Crippen molar-refractivity contribution in [2.75, 3.05) is 0 Å². The Kier molecular flexibility index (Phi) is 8.51. The Morgan fingerprint density at radius 3 is 2.10 bits per heavy atom. The molecule has 236 valence electrons. The van der Waals surface area contributed by atoms with Gasteiger partial charge >= 0.3 is 17.9 Å². The zero-order valence-corrected chi connectivity index (χ0v) is 26.4. The maximum atomic E-state index is 14.3.